The summed E-state index contributed by atoms with van der Waals surface area (Å²) in [5.41, 5.74) is 0.379. The number of hydrogen-bond acceptors (Lipinski definition) is 5. The number of piperazine rings is 1. The van der Waals surface area contributed by atoms with E-state index in [4.69, 9.17) is 0 Å². The highest BCUT2D eigenvalue weighted by atomic mass is 16.2. The maximum atomic E-state index is 12.5. The molecule has 0 bridgehead atoms. The highest BCUT2D eigenvalue weighted by molar-refractivity contribution is 5.92. The van der Waals surface area contributed by atoms with Crippen molar-refractivity contribution in [3.05, 3.63) is 18.1 Å². The molecule has 0 aromatic carbocycles. The predicted molar refractivity (Wildman–Crippen MR) is 90.9 cm³/mol. The van der Waals surface area contributed by atoms with Crippen LogP contribution in [0.5, 0.6) is 0 Å². The molecule has 2 aliphatic rings. The van der Waals surface area contributed by atoms with E-state index in [0.29, 0.717) is 31.9 Å². The number of carbonyl (C=O) groups excluding carboxylic acids is 2. The zero-order valence-corrected chi connectivity index (χ0v) is 14.3. The fourth-order valence-corrected chi connectivity index (χ4v) is 3.28. The zero-order chi connectivity index (χ0) is 16.9. The van der Waals surface area contributed by atoms with E-state index < -0.39 is 0 Å². The third kappa shape index (κ3) is 3.83. The number of carbonyl (C=O) groups is 2. The van der Waals surface area contributed by atoms with Gasteiger partial charge in [0.05, 0.1) is 12.4 Å². The third-order valence-electron chi connectivity index (χ3n) is 4.80. The van der Waals surface area contributed by atoms with Gasteiger partial charge in [0.15, 0.2) is 0 Å². The summed E-state index contributed by atoms with van der Waals surface area (Å²) in [5, 5.41) is 0. The summed E-state index contributed by atoms with van der Waals surface area (Å²) in [5.74, 6) is 0.812. The second kappa shape index (κ2) is 7.59. The standard InChI is InChI=1S/C17H25N5O2/c1-14(23)20-8-10-22(11-9-20)17(24)15-12-19-16(13-18-15)21-6-4-2-3-5-7-21/h12-13H,2-11H2,1H3. The van der Waals surface area contributed by atoms with E-state index in [0.717, 1.165) is 18.9 Å². The fraction of sp³-hybridized carbons (Fsp3) is 0.647. The van der Waals surface area contributed by atoms with Crippen LogP contribution in [0.25, 0.3) is 0 Å². The summed E-state index contributed by atoms with van der Waals surface area (Å²) in [6.45, 7) is 5.84. The topological polar surface area (TPSA) is 69.6 Å². The van der Waals surface area contributed by atoms with Gasteiger partial charge in [0.25, 0.3) is 5.91 Å². The first-order valence-corrected chi connectivity index (χ1v) is 8.77. The van der Waals surface area contributed by atoms with Crippen LogP contribution in [0.15, 0.2) is 12.4 Å². The van der Waals surface area contributed by atoms with Crippen molar-refractivity contribution in [2.75, 3.05) is 44.2 Å². The molecule has 0 radical (unpaired) electrons. The molecular weight excluding hydrogens is 306 g/mol. The van der Waals surface area contributed by atoms with Gasteiger partial charge in [-0.15, -0.1) is 0 Å². The molecule has 3 heterocycles. The second-order valence-corrected chi connectivity index (χ2v) is 6.46. The van der Waals surface area contributed by atoms with E-state index in [1.807, 2.05) is 0 Å². The Morgan fingerprint density at radius 3 is 2.00 bits per heavy atom. The van der Waals surface area contributed by atoms with Gasteiger partial charge >= 0.3 is 0 Å². The smallest absolute Gasteiger partial charge is 0.274 e. The Bertz CT molecular complexity index is 573. The van der Waals surface area contributed by atoms with Crippen molar-refractivity contribution < 1.29 is 9.59 Å². The number of nitrogens with zero attached hydrogens (tertiary/aromatic N) is 5. The molecule has 0 saturated carbocycles. The van der Waals surface area contributed by atoms with Gasteiger partial charge in [0.1, 0.15) is 11.5 Å². The van der Waals surface area contributed by atoms with Gasteiger partial charge in [0.2, 0.25) is 5.91 Å². The van der Waals surface area contributed by atoms with E-state index in [2.05, 4.69) is 14.9 Å². The minimum Gasteiger partial charge on any atom is -0.355 e. The maximum absolute atomic E-state index is 12.5. The lowest BCUT2D eigenvalue weighted by molar-refractivity contribution is -0.130. The molecule has 0 N–H and O–H groups in total. The summed E-state index contributed by atoms with van der Waals surface area (Å²) >= 11 is 0. The number of rotatable bonds is 2. The summed E-state index contributed by atoms with van der Waals surface area (Å²) in [4.78, 5) is 38.4. The van der Waals surface area contributed by atoms with Crippen molar-refractivity contribution in [3.63, 3.8) is 0 Å². The molecule has 130 valence electrons. The predicted octanol–water partition coefficient (Wildman–Crippen LogP) is 1.16. The SMILES string of the molecule is CC(=O)N1CCN(C(=O)c2cnc(N3CCCCCC3)cn2)CC1. The second-order valence-electron chi connectivity index (χ2n) is 6.46. The molecule has 0 aliphatic carbocycles. The molecule has 0 unspecified atom stereocenters. The molecule has 24 heavy (non-hydrogen) atoms. The van der Waals surface area contributed by atoms with Gasteiger partial charge < -0.3 is 14.7 Å². The Kier molecular flexibility index (Phi) is 5.27. The van der Waals surface area contributed by atoms with Crippen LogP contribution >= 0.6 is 0 Å². The number of aromatic nitrogens is 2. The molecule has 7 heteroatoms. The van der Waals surface area contributed by atoms with Crippen LogP contribution in [0.2, 0.25) is 0 Å². The number of hydrogen-bond donors (Lipinski definition) is 0. The van der Waals surface area contributed by atoms with E-state index in [1.54, 1.807) is 29.1 Å². The minimum atomic E-state index is -0.104. The zero-order valence-electron chi connectivity index (χ0n) is 14.3. The molecular formula is C17H25N5O2. The van der Waals surface area contributed by atoms with E-state index in [1.165, 1.54) is 25.7 Å². The Hall–Kier alpha value is -2.18. The highest BCUT2D eigenvalue weighted by Crippen LogP contribution is 2.17. The van der Waals surface area contributed by atoms with Crippen LogP contribution in [0.3, 0.4) is 0 Å². The molecule has 3 rings (SSSR count). The van der Waals surface area contributed by atoms with E-state index >= 15 is 0 Å². The Morgan fingerprint density at radius 1 is 0.833 bits per heavy atom. The van der Waals surface area contributed by atoms with Crippen molar-refractivity contribution in [2.24, 2.45) is 0 Å². The maximum Gasteiger partial charge on any atom is 0.274 e. The molecule has 0 atom stereocenters. The average molecular weight is 331 g/mol. The lowest BCUT2D eigenvalue weighted by Gasteiger charge is -2.34. The Morgan fingerprint density at radius 2 is 1.46 bits per heavy atom. The molecule has 2 aliphatic heterocycles. The van der Waals surface area contributed by atoms with Crippen LogP contribution in [0, 0.1) is 0 Å². The van der Waals surface area contributed by atoms with Gasteiger partial charge in [-0.05, 0) is 12.8 Å². The van der Waals surface area contributed by atoms with Gasteiger partial charge in [0, 0.05) is 46.2 Å². The number of anilines is 1. The lowest BCUT2D eigenvalue weighted by atomic mass is 10.2. The molecule has 1 aromatic heterocycles. The van der Waals surface area contributed by atoms with Crippen molar-refractivity contribution in [2.45, 2.75) is 32.6 Å². The average Bonchev–Trinajstić information content (AvgIpc) is 2.91. The third-order valence-corrected chi connectivity index (χ3v) is 4.80. The molecule has 2 saturated heterocycles. The highest BCUT2D eigenvalue weighted by Gasteiger charge is 2.24. The van der Waals surface area contributed by atoms with Crippen LogP contribution in [0.4, 0.5) is 5.82 Å². The van der Waals surface area contributed by atoms with Crippen LogP contribution < -0.4 is 4.90 Å². The van der Waals surface area contributed by atoms with Gasteiger partial charge in [-0.25, -0.2) is 9.97 Å². The molecule has 2 amide bonds. The first-order chi connectivity index (χ1) is 11.6. The monoisotopic (exact) mass is 331 g/mol. The van der Waals surface area contributed by atoms with E-state index in [9.17, 15) is 9.59 Å². The summed E-state index contributed by atoms with van der Waals surface area (Å²) in [6.07, 6.45) is 8.20. The van der Waals surface area contributed by atoms with E-state index in [-0.39, 0.29) is 11.8 Å². The van der Waals surface area contributed by atoms with Gasteiger partial charge in [-0.2, -0.15) is 0 Å². The van der Waals surface area contributed by atoms with Gasteiger partial charge in [-0.3, -0.25) is 9.59 Å². The molecule has 0 spiro atoms. The van der Waals surface area contributed by atoms with Crippen LogP contribution in [-0.4, -0.2) is 70.9 Å². The number of amides is 2. The summed E-state index contributed by atoms with van der Waals surface area (Å²) in [7, 11) is 0. The first-order valence-electron chi connectivity index (χ1n) is 8.77. The van der Waals surface area contributed by atoms with Crippen molar-refractivity contribution in [1.29, 1.82) is 0 Å². The van der Waals surface area contributed by atoms with Crippen LogP contribution in [-0.2, 0) is 4.79 Å². The van der Waals surface area contributed by atoms with Crippen molar-refractivity contribution >= 4 is 17.6 Å². The lowest BCUT2D eigenvalue weighted by Crippen LogP contribution is -2.50. The summed E-state index contributed by atoms with van der Waals surface area (Å²) in [6, 6.07) is 0. The normalized spacial score (nSPS) is 19.1. The van der Waals surface area contributed by atoms with Gasteiger partial charge in [-0.1, -0.05) is 12.8 Å². The minimum absolute atomic E-state index is 0.0590. The van der Waals surface area contributed by atoms with Crippen molar-refractivity contribution in [1.82, 2.24) is 19.8 Å². The largest absolute Gasteiger partial charge is 0.355 e. The Labute approximate surface area is 142 Å². The molecule has 2 fully saturated rings. The molecule has 7 nitrogen and oxygen atoms in total. The van der Waals surface area contributed by atoms with Crippen molar-refractivity contribution in [3.8, 4) is 0 Å². The van der Waals surface area contributed by atoms with Crippen LogP contribution in [0.1, 0.15) is 43.1 Å². The summed E-state index contributed by atoms with van der Waals surface area (Å²) < 4.78 is 0. The quantitative estimate of drug-likeness (QED) is 0.813. The molecule has 1 aromatic rings. The first kappa shape index (κ1) is 16.7. The fourth-order valence-electron chi connectivity index (χ4n) is 3.28. The Balaban J connectivity index is 1.61.